The monoisotopic (exact) mass is 377 g/mol. The predicted molar refractivity (Wildman–Crippen MR) is 118 cm³/mol. The Morgan fingerprint density at radius 1 is 0.963 bits per heavy atom. The summed E-state index contributed by atoms with van der Waals surface area (Å²) >= 11 is 0. The second-order valence-corrected chi connectivity index (χ2v) is 8.28. The number of nitrogens with zero attached hydrogens (tertiary/aromatic N) is 2. The van der Waals surface area contributed by atoms with E-state index in [2.05, 4.69) is 76.0 Å². The molecule has 0 spiro atoms. The van der Waals surface area contributed by atoms with E-state index in [0.29, 0.717) is 5.92 Å². The van der Waals surface area contributed by atoms with Gasteiger partial charge >= 0.3 is 0 Å². The first kappa shape index (κ1) is 25.6. The van der Waals surface area contributed by atoms with Gasteiger partial charge in [-0.2, -0.15) is 0 Å². The number of hydrogen-bond acceptors (Lipinski definition) is 3. The molecule has 1 amide bonds. The van der Waals surface area contributed by atoms with Crippen LogP contribution in [0.5, 0.6) is 0 Å². The van der Waals surface area contributed by atoms with E-state index in [9.17, 15) is 4.79 Å². The van der Waals surface area contributed by atoms with Crippen LogP contribution in [0.4, 0.5) is 0 Å². The molecule has 1 aliphatic heterocycles. The Bertz CT molecular complexity index is 443. The van der Waals surface area contributed by atoms with Crippen LogP contribution >= 0.6 is 0 Å². The SMILES string of the molecule is CC(C)C.CCCC(C)C(NC=O)c1ccccc1.CN1CCN(C)CC1. The first-order chi connectivity index (χ1) is 12.8. The molecule has 156 valence electrons. The van der Waals surface area contributed by atoms with Gasteiger partial charge < -0.3 is 15.1 Å². The maximum Gasteiger partial charge on any atom is 0.207 e. The summed E-state index contributed by atoms with van der Waals surface area (Å²) in [6.45, 7) is 15.8. The zero-order valence-corrected chi connectivity index (χ0v) is 18.7. The van der Waals surface area contributed by atoms with E-state index in [1.54, 1.807) is 0 Å². The Balaban J connectivity index is 0.000000468. The van der Waals surface area contributed by atoms with Gasteiger partial charge in [0.25, 0.3) is 0 Å². The summed E-state index contributed by atoms with van der Waals surface area (Å²) in [5.41, 5.74) is 1.19. The Morgan fingerprint density at radius 2 is 1.41 bits per heavy atom. The van der Waals surface area contributed by atoms with E-state index >= 15 is 0 Å². The first-order valence-corrected chi connectivity index (χ1v) is 10.4. The minimum atomic E-state index is 0.142. The maximum absolute atomic E-state index is 10.6. The predicted octanol–water partition coefficient (Wildman–Crippen LogP) is 4.44. The third-order valence-electron chi connectivity index (χ3n) is 4.45. The molecular weight excluding hydrogens is 334 g/mol. The zero-order chi connectivity index (χ0) is 20.7. The molecule has 0 saturated carbocycles. The highest BCUT2D eigenvalue weighted by Gasteiger charge is 2.17. The molecule has 4 heteroatoms. The van der Waals surface area contributed by atoms with Crippen molar-refractivity contribution in [3.63, 3.8) is 0 Å². The molecule has 1 fully saturated rings. The fourth-order valence-corrected chi connectivity index (χ4v) is 2.85. The molecule has 1 heterocycles. The first-order valence-electron chi connectivity index (χ1n) is 10.4. The van der Waals surface area contributed by atoms with Crippen LogP contribution in [0.1, 0.15) is 59.1 Å². The van der Waals surface area contributed by atoms with E-state index < -0.39 is 0 Å². The summed E-state index contributed by atoms with van der Waals surface area (Å²) in [4.78, 5) is 15.3. The molecule has 2 unspecified atom stereocenters. The van der Waals surface area contributed by atoms with E-state index in [4.69, 9.17) is 0 Å². The summed E-state index contributed by atoms with van der Waals surface area (Å²) in [6, 6.07) is 10.3. The standard InChI is InChI=1S/C13H19NO.C6H14N2.C4H10/c1-3-7-11(2)13(14-10-15)12-8-5-4-6-9-12;1-7-3-5-8(2)6-4-7;1-4(2)3/h4-6,8-11,13H,3,7H2,1-2H3,(H,14,15);3-6H2,1-2H3;4H,1-3H3. The highest BCUT2D eigenvalue weighted by molar-refractivity contribution is 5.47. The number of amides is 1. The largest absolute Gasteiger partial charge is 0.352 e. The van der Waals surface area contributed by atoms with Gasteiger partial charge in [-0.1, -0.05) is 71.4 Å². The average Bonchev–Trinajstić information content (AvgIpc) is 2.63. The van der Waals surface area contributed by atoms with Crippen molar-refractivity contribution in [3.05, 3.63) is 35.9 Å². The van der Waals surface area contributed by atoms with Gasteiger partial charge in [0.15, 0.2) is 0 Å². The third kappa shape index (κ3) is 13.4. The number of carbonyl (C=O) groups is 1. The topological polar surface area (TPSA) is 35.6 Å². The Labute approximate surface area is 168 Å². The third-order valence-corrected chi connectivity index (χ3v) is 4.45. The molecule has 0 aromatic heterocycles. The van der Waals surface area contributed by atoms with Crippen molar-refractivity contribution < 1.29 is 4.79 Å². The minimum absolute atomic E-state index is 0.142. The fraction of sp³-hybridized carbons (Fsp3) is 0.696. The molecule has 1 aliphatic rings. The maximum atomic E-state index is 10.6. The summed E-state index contributed by atoms with van der Waals surface area (Å²) in [6.07, 6.45) is 3.06. The van der Waals surface area contributed by atoms with Crippen molar-refractivity contribution in [3.8, 4) is 0 Å². The molecule has 4 nitrogen and oxygen atoms in total. The zero-order valence-electron chi connectivity index (χ0n) is 18.7. The highest BCUT2D eigenvalue weighted by atomic mass is 16.1. The van der Waals surface area contributed by atoms with Gasteiger partial charge in [-0.05, 0) is 37.9 Å². The minimum Gasteiger partial charge on any atom is -0.352 e. The lowest BCUT2D eigenvalue weighted by Crippen LogP contribution is -2.42. The lowest BCUT2D eigenvalue weighted by Gasteiger charge is -2.28. The molecule has 0 aliphatic carbocycles. The molecule has 0 bridgehead atoms. The molecule has 1 N–H and O–H groups in total. The van der Waals surface area contributed by atoms with Gasteiger partial charge in [0, 0.05) is 26.2 Å². The van der Waals surface area contributed by atoms with Crippen LogP contribution in [0.15, 0.2) is 30.3 Å². The number of likely N-dealkylation sites (N-methyl/N-ethyl adjacent to an activating group) is 2. The van der Waals surface area contributed by atoms with Gasteiger partial charge in [-0.15, -0.1) is 0 Å². The highest BCUT2D eigenvalue weighted by Crippen LogP contribution is 2.24. The fourth-order valence-electron chi connectivity index (χ4n) is 2.85. The van der Waals surface area contributed by atoms with Crippen molar-refractivity contribution >= 4 is 6.41 Å². The molecule has 2 rings (SSSR count). The van der Waals surface area contributed by atoms with Crippen LogP contribution in [0, 0.1) is 11.8 Å². The van der Waals surface area contributed by atoms with Crippen molar-refractivity contribution in [2.24, 2.45) is 11.8 Å². The number of hydrogen-bond donors (Lipinski definition) is 1. The number of nitrogens with one attached hydrogen (secondary N) is 1. The van der Waals surface area contributed by atoms with E-state index in [1.165, 1.54) is 31.7 Å². The Morgan fingerprint density at radius 3 is 1.78 bits per heavy atom. The normalized spacial score (nSPS) is 17.0. The van der Waals surface area contributed by atoms with E-state index in [-0.39, 0.29) is 6.04 Å². The average molecular weight is 378 g/mol. The van der Waals surface area contributed by atoms with Crippen LogP contribution in [-0.2, 0) is 4.79 Å². The second kappa shape index (κ2) is 15.6. The van der Waals surface area contributed by atoms with Crippen molar-refractivity contribution in [1.82, 2.24) is 15.1 Å². The lowest BCUT2D eigenvalue weighted by atomic mass is 9.91. The second-order valence-electron chi connectivity index (χ2n) is 8.28. The number of carbonyl (C=O) groups excluding carboxylic acids is 1. The summed E-state index contributed by atoms with van der Waals surface area (Å²) in [5.74, 6) is 1.31. The molecule has 2 atom stereocenters. The van der Waals surface area contributed by atoms with Gasteiger partial charge in [-0.25, -0.2) is 0 Å². The summed E-state index contributed by atoms with van der Waals surface area (Å²) < 4.78 is 0. The summed E-state index contributed by atoms with van der Waals surface area (Å²) in [5, 5.41) is 2.90. The van der Waals surface area contributed by atoms with Crippen LogP contribution in [0.3, 0.4) is 0 Å². The molecule has 1 aromatic carbocycles. The van der Waals surface area contributed by atoms with Gasteiger partial charge in [0.2, 0.25) is 6.41 Å². The van der Waals surface area contributed by atoms with Gasteiger partial charge in [-0.3, -0.25) is 4.79 Å². The smallest absolute Gasteiger partial charge is 0.207 e. The van der Waals surface area contributed by atoms with Gasteiger partial charge in [0.1, 0.15) is 0 Å². The molecule has 1 saturated heterocycles. The molecular formula is C23H43N3O. The molecule has 27 heavy (non-hydrogen) atoms. The van der Waals surface area contributed by atoms with Crippen LogP contribution in [0.2, 0.25) is 0 Å². The van der Waals surface area contributed by atoms with Crippen LogP contribution in [-0.4, -0.2) is 56.5 Å². The van der Waals surface area contributed by atoms with E-state index in [1.807, 2.05) is 18.2 Å². The lowest BCUT2D eigenvalue weighted by molar-refractivity contribution is -0.110. The van der Waals surface area contributed by atoms with Crippen molar-refractivity contribution in [2.45, 2.75) is 53.5 Å². The van der Waals surface area contributed by atoms with Gasteiger partial charge in [0.05, 0.1) is 6.04 Å². The Kier molecular flexibility index (Phi) is 14.8. The van der Waals surface area contributed by atoms with Crippen molar-refractivity contribution in [2.75, 3.05) is 40.3 Å². The molecule has 1 aromatic rings. The number of benzene rings is 1. The number of piperazine rings is 1. The van der Waals surface area contributed by atoms with Crippen molar-refractivity contribution in [1.29, 1.82) is 0 Å². The van der Waals surface area contributed by atoms with Crippen LogP contribution < -0.4 is 5.32 Å². The van der Waals surface area contributed by atoms with E-state index in [0.717, 1.165) is 25.2 Å². The Hall–Kier alpha value is -1.39. The summed E-state index contributed by atoms with van der Waals surface area (Å²) in [7, 11) is 4.35. The number of rotatable bonds is 6. The quantitative estimate of drug-likeness (QED) is 0.745. The van der Waals surface area contributed by atoms with Crippen LogP contribution in [0.25, 0.3) is 0 Å². The molecule has 0 radical (unpaired) electrons.